The number of nitrogens with zero attached hydrogens (tertiary/aromatic N) is 1. The Morgan fingerprint density at radius 2 is 1.76 bits per heavy atom. The number of carbonyl (C=O) groups is 4. The van der Waals surface area contributed by atoms with E-state index in [4.69, 9.17) is 0 Å². The highest BCUT2D eigenvalue weighted by Gasteiger charge is 2.41. The van der Waals surface area contributed by atoms with Crippen LogP contribution in [0.15, 0.2) is 36.4 Å². The van der Waals surface area contributed by atoms with Gasteiger partial charge in [-0.1, -0.05) is 12.1 Å². The molecule has 4 amide bonds. The molecule has 0 bridgehead atoms. The molecule has 0 saturated carbocycles. The van der Waals surface area contributed by atoms with Crippen LogP contribution in [0.25, 0.3) is 0 Å². The van der Waals surface area contributed by atoms with E-state index in [1.54, 1.807) is 0 Å². The molecule has 4 rings (SSSR count). The summed E-state index contributed by atoms with van der Waals surface area (Å²) in [5, 5.41) is 4.17. The lowest BCUT2D eigenvalue weighted by molar-refractivity contribution is -0.136. The molecule has 0 spiro atoms. The van der Waals surface area contributed by atoms with Crippen molar-refractivity contribution in [3.63, 3.8) is 0 Å². The SMILES string of the molecule is O=C1CCC(N2Cc3c(ccc(C(=O)NC(c4ccc(F)cc4)C(F)F)c3F)C2=O)C(=O)N1. The van der Waals surface area contributed by atoms with Crippen LogP contribution in [0.5, 0.6) is 0 Å². The van der Waals surface area contributed by atoms with Crippen LogP contribution in [-0.2, 0) is 16.1 Å². The smallest absolute Gasteiger partial charge is 0.262 e. The van der Waals surface area contributed by atoms with Crippen molar-refractivity contribution in [2.24, 2.45) is 0 Å². The van der Waals surface area contributed by atoms with E-state index in [-0.39, 0.29) is 36.1 Å². The quantitative estimate of drug-likeness (QED) is 0.526. The van der Waals surface area contributed by atoms with Gasteiger partial charge in [-0.15, -0.1) is 0 Å². The van der Waals surface area contributed by atoms with Crippen LogP contribution in [0.2, 0.25) is 0 Å². The Hall–Kier alpha value is -3.76. The van der Waals surface area contributed by atoms with Crippen LogP contribution in [-0.4, -0.2) is 41.0 Å². The minimum absolute atomic E-state index is 0.0189. The monoisotopic (exact) mass is 463 g/mol. The van der Waals surface area contributed by atoms with E-state index in [9.17, 15) is 32.3 Å². The predicted molar refractivity (Wildman–Crippen MR) is 105 cm³/mol. The number of imide groups is 1. The highest BCUT2D eigenvalue weighted by atomic mass is 19.3. The summed E-state index contributed by atoms with van der Waals surface area (Å²) in [7, 11) is 0. The van der Waals surface area contributed by atoms with Gasteiger partial charge in [-0.3, -0.25) is 24.5 Å². The number of halogens is 4. The summed E-state index contributed by atoms with van der Waals surface area (Å²) < 4.78 is 55.4. The van der Waals surface area contributed by atoms with E-state index >= 15 is 4.39 Å². The van der Waals surface area contributed by atoms with E-state index in [1.807, 2.05) is 5.32 Å². The standard InChI is InChI=1S/C22H17F4N3O4/c23-11-3-1-10(2-4-11)18(19(25)26)28-20(31)13-6-5-12-14(17(13)24)9-29(22(12)33)15-7-8-16(30)27-21(15)32/h1-6,15,18-19H,7-9H2,(H,28,31)(H,27,30,32). The molecule has 2 unspecified atom stereocenters. The summed E-state index contributed by atoms with van der Waals surface area (Å²) >= 11 is 0. The van der Waals surface area contributed by atoms with Crippen LogP contribution in [0.3, 0.4) is 0 Å². The summed E-state index contributed by atoms with van der Waals surface area (Å²) in [6.07, 6.45) is -2.96. The second-order valence-corrected chi connectivity index (χ2v) is 7.69. The average Bonchev–Trinajstić information content (AvgIpc) is 3.10. The Labute approximate surface area is 184 Å². The lowest BCUT2D eigenvalue weighted by atomic mass is 10.0. The summed E-state index contributed by atoms with van der Waals surface area (Å²) in [6, 6.07) is 3.50. The molecule has 2 N–H and O–H groups in total. The molecule has 7 nitrogen and oxygen atoms in total. The fourth-order valence-electron chi connectivity index (χ4n) is 3.96. The largest absolute Gasteiger partial charge is 0.339 e. The zero-order valence-corrected chi connectivity index (χ0v) is 16.9. The van der Waals surface area contributed by atoms with Gasteiger partial charge in [0, 0.05) is 17.5 Å². The fourth-order valence-corrected chi connectivity index (χ4v) is 3.96. The van der Waals surface area contributed by atoms with E-state index in [0.717, 1.165) is 35.2 Å². The second-order valence-electron chi connectivity index (χ2n) is 7.69. The van der Waals surface area contributed by atoms with Crippen molar-refractivity contribution in [3.05, 3.63) is 70.3 Å². The third-order valence-corrected chi connectivity index (χ3v) is 5.66. The lowest BCUT2D eigenvalue weighted by Gasteiger charge is -2.29. The first-order valence-corrected chi connectivity index (χ1v) is 9.98. The van der Waals surface area contributed by atoms with Gasteiger partial charge in [0.2, 0.25) is 11.8 Å². The summed E-state index contributed by atoms with van der Waals surface area (Å²) in [6.45, 7) is -0.316. The maximum atomic E-state index is 15.2. The van der Waals surface area contributed by atoms with Crippen LogP contribution < -0.4 is 10.6 Å². The lowest BCUT2D eigenvalue weighted by Crippen LogP contribution is -2.52. The van der Waals surface area contributed by atoms with Crippen molar-refractivity contribution in [3.8, 4) is 0 Å². The molecule has 0 radical (unpaired) electrons. The van der Waals surface area contributed by atoms with Gasteiger partial charge < -0.3 is 10.2 Å². The van der Waals surface area contributed by atoms with Gasteiger partial charge in [0.05, 0.1) is 12.1 Å². The zero-order valence-electron chi connectivity index (χ0n) is 16.9. The minimum Gasteiger partial charge on any atom is -0.339 e. The number of amides is 4. The molecular formula is C22H17F4N3O4. The first-order chi connectivity index (χ1) is 15.7. The number of carbonyl (C=O) groups excluding carboxylic acids is 4. The van der Waals surface area contributed by atoms with E-state index in [0.29, 0.717) is 0 Å². The van der Waals surface area contributed by atoms with Crippen molar-refractivity contribution in [2.45, 2.75) is 37.9 Å². The number of piperidine rings is 1. The number of hydrogen-bond donors (Lipinski definition) is 2. The topological polar surface area (TPSA) is 95.6 Å². The molecular weight excluding hydrogens is 446 g/mol. The number of nitrogens with one attached hydrogen (secondary N) is 2. The number of benzene rings is 2. The maximum absolute atomic E-state index is 15.2. The molecule has 2 aromatic carbocycles. The van der Waals surface area contributed by atoms with E-state index in [2.05, 4.69) is 5.32 Å². The van der Waals surface area contributed by atoms with E-state index in [1.165, 1.54) is 6.07 Å². The molecule has 2 aliphatic rings. The minimum atomic E-state index is -3.05. The van der Waals surface area contributed by atoms with Gasteiger partial charge in [-0.2, -0.15) is 0 Å². The van der Waals surface area contributed by atoms with Crippen LogP contribution in [0.4, 0.5) is 17.6 Å². The Balaban J connectivity index is 1.57. The highest BCUT2D eigenvalue weighted by Crippen LogP contribution is 2.31. The zero-order chi connectivity index (χ0) is 23.9. The molecule has 1 saturated heterocycles. The molecule has 2 aromatic rings. The molecule has 0 aromatic heterocycles. The Kier molecular flexibility index (Phi) is 5.88. The van der Waals surface area contributed by atoms with Crippen LogP contribution >= 0.6 is 0 Å². The maximum Gasteiger partial charge on any atom is 0.262 e. The number of rotatable bonds is 5. The Bertz CT molecular complexity index is 1150. The molecule has 33 heavy (non-hydrogen) atoms. The van der Waals surface area contributed by atoms with Gasteiger partial charge >= 0.3 is 0 Å². The summed E-state index contributed by atoms with van der Waals surface area (Å²) in [5.41, 5.74) is -0.828. The molecule has 172 valence electrons. The Morgan fingerprint density at radius 1 is 1.06 bits per heavy atom. The van der Waals surface area contributed by atoms with Crippen molar-refractivity contribution < 1.29 is 36.7 Å². The molecule has 1 fully saturated rings. The average molecular weight is 463 g/mol. The molecule has 2 atom stereocenters. The summed E-state index contributed by atoms with van der Waals surface area (Å²) in [4.78, 5) is 49.9. The van der Waals surface area contributed by atoms with Crippen molar-refractivity contribution in [1.29, 1.82) is 0 Å². The third-order valence-electron chi connectivity index (χ3n) is 5.66. The van der Waals surface area contributed by atoms with Gasteiger partial charge in [0.25, 0.3) is 18.2 Å². The van der Waals surface area contributed by atoms with Crippen molar-refractivity contribution >= 4 is 23.6 Å². The second kappa shape index (κ2) is 8.64. The number of hydrogen-bond acceptors (Lipinski definition) is 4. The number of alkyl halides is 2. The number of fused-ring (bicyclic) bond motifs is 1. The first kappa shape index (κ1) is 22.4. The van der Waals surface area contributed by atoms with Gasteiger partial charge in [0.15, 0.2) is 0 Å². The third kappa shape index (κ3) is 4.18. The molecule has 11 heteroatoms. The Morgan fingerprint density at radius 3 is 2.39 bits per heavy atom. The van der Waals surface area contributed by atoms with Crippen LogP contribution in [0, 0.1) is 11.6 Å². The van der Waals surface area contributed by atoms with Gasteiger partial charge in [-0.05, 0) is 36.2 Å². The summed E-state index contributed by atoms with van der Waals surface area (Å²) in [5.74, 6) is -4.64. The van der Waals surface area contributed by atoms with Gasteiger partial charge in [0.1, 0.15) is 23.7 Å². The molecule has 2 aliphatic heterocycles. The van der Waals surface area contributed by atoms with Gasteiger partial charge in [-0.25, -0.2) is 17.6 Å². The first-order valence-electron chi connectivity index (χ1n) is 9.98. The predicted octanol–water partition coefficient (Wildman–Crippen LogP) is 2.46. The highest BCUT2D eigenvalue weighted by molar-refractivity contribution is 6.06. The van der Waals surface area contributed by atoms with Crippen LogP contribution in [0.1, 0.15) is 50.7 Å². The molecule has 2 heterocycles. The fraction of sp³-hybridized carbons (Fsp3) is 0.273. The molecule has 0 aliphatic carbocycles. The van der Waals surface area contributed by atoms with E-state index < -0.39 is 59.3 Å². The van der Waals surface area contributed by atoms with Crippen molar-refractivity contribution in [2.75, 3.05) is 0 Å². The normalized spacial score (nSPS) is 18.9. The van der Waals surface area contributed by atoms with Crippen molar-refractivity contribution in [1.82, 2.24) is 15.5 Å².